The molecule has 2 heterocycles. The first-order chi connectivity index (χ1) is 11.6. The van der Waals surface area contributed by atoms with Crippen molar-refractivity contribution < 1.29 is 4.79 Å². The Morgan fingerprint density at radius 1 is 1.04 bits per heavy atom. The number of aromatic amines is 2. The second kappa shape index (κ2) is 5.51. The highest BCUT2D eigenvalue weighted by molar-refractivity contribution is 6.00. The minimum absolute atomic E-state index is 0.146. The van der Waals surface area contributed by atoms with Crippen LogP contribution in [0.2, 0.25) is 0 Å². The largest absolute Gasteiger partial charge is 0.343 e. The highest BCUT2D eigenvalue weighted by Gasteiger charge is 2.37. The van der Waals surface area contributed by atoms with Crippen LogP contribution in [-0.2, 0) is 4.79 Å². The molecule has 1 aromatic heterocycles. The first-order valence-electron chi connectivity index (χ1n) is 8.50. The molecule has 4 rings (SSSR count). The van der Waals surface area contributed by atoms with Crippen molar-refractivity contribution >= 4 is 11.6 Å². The summed E-state index contributed by atoms with van der Waals surface area (Å²) in [6, 6.07) is 8.29. The lowest BCUT2D eigenvalue weighted by Gasteiger charge is -2.31. The summed E-state index contributed by atoms with van der Waals surface area (Å²) in [4.78, 5) is 25.0. The third-order valence-corrected chi connectivity index (χ3v) is 5.06. The second-order valence-corrected chi connectivity index (χ2v) is 6.92. The Morgan fingerprint density at radius 2 is 1.79 bits per heavy atom. The van der Waals surface area contributed by atoms with Gasteiger partial charge in [-0.3, -0.25) is 19.8 Å². The Bertz CT molecular complexity index is 884. The molecule has 5 nitrogen and oxygen atoms in total. The summed E-state index contributed by atoms with van der Waals surface area (Å²) in [6.45, 7) is 4.31. The predicted molar refractivity (Wildman–Crippen MR) is 93.3 cm³/mol. The maximum atomic E-state index is 12.6. The third kappa shape index (κ3) is 2.23. The number of aromatic nitrogens is 2. The summed E-state index contributed by atoms with van der Waals surface area (Å²) in [5.41, 5.74) is 4.40. The molecule has 24 heavy (non-hydrogen) atoms. The molecule has 0 radical (unpaired) electrons. The van der Waals surface area contributed by atoms with E-state index in [9.17, 15) is 9.59 Å². The molecule has 0 fully saturated rings. The van der Waals surface area contributed by atoms with E-state index >= 15 is 0 Å². The molecule has 124 valence electrons. The summed E-state index contributed by atoms with van der Waals surface area (Å²) in [7, 11) is 0. The summed E-state index contributed by atoms with van der Waals surface area (Å²) in [5.74, 6) is 0.990. The van der Waals surface area contributed by atoms with Gasteiger partial charge >= 0.3 is 0 Å². The number of carbonyl (C=O) groups excluding carboxylic acids is 1. The van der Waals surface area contributed by atoms with E-state index in [1.54, 1.807) is 0 Å². The van der Waals surface area contributed by atoms with Crippen molar-refractivity contribution in [3.05, 3.63) is 62.6 Å². The molecule has 5 heteroatoms. The van der Waals surface area contributed by atoms with Crippen molar-refractivity contribution in [3.63, 3.8) is 0 Å². The molecule has 2 aromatic rings. The van der Waals surface area contributed by atoms with Gasteiger partial charge in [-0.25, -0.2) is 0 Å². The molecule has 0 spiro atoms. The Hall–Kier alpha value is -2.56. The van der Waals surface area contributed by atoms with Crippen molar-refractivity contribution in [1.29, 1.82) is 0 Å². The van der Waals surface area contributed by atoms with Crippen LogP contribution in [0.1, 0.15) is 61.6 Å². The molecule has 0 saturated carbocycles. The van der Waals surface area contributed by atoms with Crippen LogP contribution in [0.25, 0.3) is 0 Å². The van der Waals surface area contributed by atoms with E-state index in [1.165, 1.54) is 5.56 Å². The van der Waals surface area contributed by atoms with Gasteiger partial charge in [0.1, 0.15) is 5.82 Å². The number of allylic oxidation sites excluding steroid dienone is 2. The molecule has 0 saturated heterocycles. The molecule has 1 atom stereocenters. The van der Waals surface area contributed by atoms with E-state index in [-0.39, 0.29) is 17.3 Å². The highest BCUT2D eigenvalue weighted by atomic mass is 16.1. The molecular weight excluding hydrogens is 302 g/mol. The smallest absolute Gasteiger partial charge is 0.270 e. The lowest BCUT2D eigenvalue weighted by atomic mass is 9.76. The van der Waals surface area contributed by atoms with Crippen LogP contribution >= 0.6 is 0 Å². The molecular formula is C19H21N3O2. The molecule has 1 aliphatic heterocycles. The number of benzene rings is 1. The Morgan fingerprint density at radius 3 is 2.50 bits per heavy atom. The summed E-state index contributed by atoms with van der Waals surface area (Å²) < 4.78 is 0. The number of ketones is 1. The summed E-state index contributed by atoms with van der Waals surface area (Å²) >= 11 is 0. The van der Waals surface area contributed by atoms with Crippen LogP contribution in [0.3, 0.4) is 0 Å². The molecule has 0 bridgehead atoms. The minimum atomic E-state index is -0.291. The summed E-state index contributed by atoms with van der Waals surface area (Å²) in [6.07, 6.45) is 2.25. The SMILES string of the molecule is CC(C)c1ccc([C@@H]2C3=C(CCCC3=O)Nc3[nH][nH]c(=O)c32)cc1. The van der Waals surface area contributed by atoms with E-state index in [4.69, 9.17) is 0 Å². The number of Topliss-reactive ketones (excluding diaryl/α,β-unsaturated/α-hetero) is 1. The van der Waals surface area contributed by atoms with Gasteiger partial charge in [0.15, 0.2) is 5.78 Å². The van der Waals surface area contributed by atoms with Gasteiger partial charge < -0.3 is 5.32 Å². The highest BCUT2D eigenvalue weighted by Crippen LogP contribution is 2.43. The van der Waals surface area contributed by atoms with E-state index in [0.717, 1.165) is 29.7 Å². The van der Waals surface area contributed by atoms with Crippen molar-refractivity contribution in [2.45, 2.75) is 44.9 Å². The van der Waals surface area contributed by atoms with Gasteiger partial charge in [-0.15, -0.1) is 0 Å². The first-order valence-corrected chi connectivity index (χ1v) is 8.50. The minimum Gasteiger partial charge on any atom is -0.343 e. The van der Waals surface area contributed by atoms with Crippen molar-refractivity contribution in [3.8, 4) is 0 Å². The topological polar surface area (TPSA) is 77.8 Å². The van der Waals surface area contributed by atoms with Crippen LogP contribution < -0.4 is 10.9 Å². The van der Waals surface area contributed by atoms with E-state index < -0.39 is 0 Å². The number of anilines is 1. The third-order valence-electron chi connectivity index (χ3n) is 5.06. The zero-order chi connectivity index (χ0) is 16.8. The van der Waals surface area contributed by atoms with Gasteiger partial charge in [-0.2, -0.15) is 0 Å². The van der Waals surface area contributed by atoms with Crippen molar-refractivity contribution in [2.75, 3.05) is 5.32 Å². The maximum absolute atomic E-state index is 12.6. The van der Waals surface area contributed by atoms with Gasteiger partial charge in [0.2, 0.25) is 0 Å². The fourth-order valence-corrected chi connectivity index (χ4v) is 3.77. The average molecular weight is 323 g/mol. The van der Waals surface area contributed by atoms with Gasteiger partial charge in [-0.1, -0.05) is 38.1 Å². The van der Waals surface area contributed by atoms with Crippen LogP contribution in [-0.4, -0.2) is 16.0 Å². The number of H-pyrrole nitrogens is 2. The Labute approximate surface area is 140 Å². The zero-order valence-corrected chi connectivity index (χ0v) is 13.9. The Balaban J connectivity index is 1.89. The first kappa shape index (κ1) is 15.0. The fourth-order valence-electron chi connectivity index (χ4n) is 3.77. The van der Waals surface area contributed by atoms with Crippen molar-refractivity contribution in [1.82, 2.24) is 10.2 Å². The molecule has 0 amide bonds. The molecule has 2 aliphatic rings. The van der Waals surface area contributed by atoms with Crippen LogP contribution in [0.4, 0.5) is 5.82 Å². The zero-order valence-electron chi connectivity index (χ0n) is 13.9. The van der Waals surface area contributed by atoms with Gasteiger partial charge in [-0.05, 0) is 29.9 Å². The number of hydrogen-bond donors (Lipinski definition) is 3. The van der Waals surface area contributed by atoms with Gasteiger partial charge in [0.05, 0.1) is 5.56 Å². The molecule has 0 unspecified atom stereocenters. The van der Waals surface area contributed by atoms with Crippen molar-refractivity contribution in [2.24, 2.45) is 0 Å². The monoisotopic (exact) mass is 323 g/mol. The van der Waals surface area contributed by atoms with Gasteiger partial charge in [0, 0.05) is 23.6 Å². The fraction of sp³-hybridized carbons (Fsp3) is 0.368. The lowest BCUT2D eigenvalue weighted by Crippen LogP contribution is -2.29. The van der Waals surface area contributed by atoms with Crippen LogP contribution in [0.5, 0.6) is 0 Å². The molecule has 1 aliphatic carbocycles. The number of fused-ring (bicyclic) bond motifs is 1. The van der Waals surface area contributed by atoms with E-state index in [0.29, 0.717) is 23.7 Å². The number of hydrogen-bond acceptors (Lipinski definition) is 3. The number of rotatable bonds is 2. The predicted octanol–water partition coefficient (Wildman–Crippen LogP) is 3.39. The number of nitrogens with one attached hydrogen (secondary N) is 3. The number of carbonyl (C=O) groups is 1. The lowest BCUT2D eigenvalue weighted by molar-refractivity contribution is -0.116. The van der Waals surface area contributed by atoms with E-state index in [1.807, 2.05) is 12.1 Å². The average Bonchev–Trinajstić information content (AvgIpc) is 2.94. The second-order valence-electron chi connectivity index (χ2n) is 6.92. The standard InChI is InChI=1S/C19H21N3O2/c1-10(2)11-6-8-12(9-7-11)15-16-13(4-3-5-14(16)23)20-18-17(15)19(24)22-21-18/h6-10,15H,3-5H2,1-2H3,(H3,20,21,22,24)/t15-/m1/s1. The molecule has 3 N–H and O–H groups in total. The van der Waals surface area contributed by atoms with Crippen LogP contribution in [0, 0.1) is 0 Å². The maximum Gasteiger partial charge on any atom is 0.270 e. The Kier molecular flexibility index (Phi) is 3.44. The molecule has 1 aromatic carbocycles. The summed E-state index contributed by atoms with van der Waals surface area (Å²) in [5, 5.41) is 8.81. The van der Waals surface area contributed by atoms with Crippen LogP contribution in [0.15, 0.2) is 40.3 Å². The van der Waals surface area contributed by atoms with Gasteiger partial charge in [0.25, 0.3) is 5.56 Å². The normalized spacial score (nSPS) is 20.0. The quantitative estimate of drug-likeness (QED) is 0.793. The van der Waals surface area contributed by atoms with E-state index in [2.05, 4.69) is 41.5 Å².